The zero-order valence-electron chi connectivity index (χ0n) is 29.2. The Bertz CT molecular complexity index is 1160. The highest BCUT2D eigenvalue weighted by molar-refractivity contribution is 6.38. The third-order valence-corrected chi connectivity index (χ3v) is 9.33. The normalized spacial score (nSPS) is 23.8. The minimum atomic E-state index is -1.30. The number of carbonyl (C=O) groups is 6. The number of rotatable bonds is 13. The fourth-order valence-corrected chi connectivity index (χ4v) is 7.10. The molecule has 0 spiro atoms. The summed E-state index contributed by atoms with van der Waals surface area (Å²) in [4.78, 5) is 80.6. The van der Waals surface area contributed by atoms with Gasteiger partial charge in [-0.05, 0) is 77.6 Å². The lowest BCUT2D eigenvalue weighted by Gasteiger charge is -2.37. The maximum Gasteiger partial charge on any atom is 0.308 e. The molecular formula is C34H55N3O9. The van der Waals surface area contributed by atoms with Crippen LogP contribution in [0.15, 0.2) is 0 Å². The summed E-state index contributed by atoms with van der Waals surface area (Å²) in [6.07, 6.45) is 4.52. The smallest absolute Gasteiger partial charge is 0.308 e. The van der Waals surface area contributed by atoms with Gasteiger partial charge in [-0.15, -0.1) is 0 Å². The average Bonchev–Trinajstić information content (AvgIpc) is 3.25. The Morgan fingerprint density at radius 1 is 0.891 bits per heavy atom. The van der Waals surface area contributed by atoms with Crippen LogP contribution in [0.1, 0.15) is 100 Å². The van der Waals surface area contributed by atoms with Crippen LogP contribution in [-0.2, 0) is 43.0 Å². The fourth-order valence-electron chi connectivity index (χ4n) is 7.10. The molecule has 0 radical (unpaired) electrons. The minimum Gasteiger partial charge on any atom is -0.460 e. The first-order valence-corrected chi connectivity index (χ1v) is 16.6. The number of hydrogen-bond donors (Lipinski definition) is 2. The molecule has 1 aliphatic heterocycles. The second kappa shape index (κ2) is 14.8. The molecule has 0 aromatic carbocycles. The van der Waals surface area contributed by atoms with Crippen LogP contribution in [0.5, 0.6) is 0 Å². The van der Waals surface area contributed by atoms with Gasteiger partial charge in [0.25, 0.3) is 5.91 Å². The van der Waals surface area contributed by atoms with E-state index in [-0.39, 0.29) is 55.1 Å². The number of esters is 2. The number of piperidine rings is 1. The van der Waals surface area contributed by atoms with Gasteiger partial charge in [-0.3, -0.25) is 28.8 Å². The molecule has 1 unspecified atom stereocenters. The Balaban J connectivity index is 1.75. The molecule has 46 heavy (non-hydrogen) atoms. The van der Waals surface area contributed by atoms with Gasteiger partial charge >= 0.3 is 11.9 Å². The van der Waals surface area contributed by atoms with E-state index in [4.69, 9.17) is 14.2 Å². The quantitative estimate of drug-likeness (QED) is 0.226. The van der Waals surface area contributed by atoms with Crippen molar-refractivity contribution in [3.63, 3.8) is 0 Å². The molecule has 3 rings (SSSR count). The number of methoxy groups -OCH3 is 1. The van der Waals surface area contributed by atoms with Crippen LogP contribution in [0.4, 0.5) is 0 Å². The molecule has 2 N–H and O–H groups in total. The Morgan fingerprint density at radius 3 is 2.04 bits per heavy atom. The Kier molecular flexibility index (Phi) is 12.1. The topological polar surface area (TPSA) is 157 Å². The highest BCUT2D eigenvalue weighted by atomic mass is 16.6. The summed E-state index contributed by atoms with van der Waals surface area (Å²) in [5.41, 5.74) is -1.56. The number of Topliss-reactive ketones (excluding diaryl/α,β-unsaturated/α-hetero) is 1. The van der Waals surface area contributed by atoms with E-state index in [2.05, 4.69) is 24.5 Å². The summed E-state index contributed by atoms with van der Waals surface area (Å²) in [7, 11) is 1.35. The van der Waals surface area contributed by atoms with E-state index in [0.717, 1.165) is 32.1 Å². The second-order valence-electron chi connectivity index (χ2n) is 15.7. The first-order valence-electron chi connectivity index (χ1n) is 16.6. The Hall–Kier alpha value is -3.02. The van der Waals surface area contributed by atoms with E-state index < -0.39 is 58.7 Å². The van der Waals surface area contributed by atoms with Crippen molar-refractivity contribution >= 4 is 35.4 Å². The molecule has 3 aliphatic rings. The third kappa shape index (κ3) is 9.75. The number of hydrogen-bond acceptors (Lipinski definition) is 9. The molecule has 1 saturated heterocycles. The molecule has 2 aliphatic carbocycles. The summed E-state index contributed by atoms with van der Waals surface area (Å²) >= 11 is 0. The number of likely N-dealkylation sites (tertiary alicyclic amines) is 1. The lowest BCUT2D eigenvalue weighted by atomic mass is 9.77. The minimum absolute atomic E-state index is 0.00890. The van der Waals surface area contributed by atoms with E-state index in [1.165, 1.54) is 7.11 Å². The average molecular weight is 650 g/mol. The van der Waals surface area contributed by atoms with Crippen LogP contribution in [0.25, 0.3) is 0 Å². The molecule has 0 aromatic rings. The van der Waals surface area contributed by atoms with Gasteiger partial charge in [-0.2, -0.15) is 0 Å². The predicted molar refractivity (Wildman–Crippen MR) is 169 cm³/mol. The molecule has 1 heterocycles. The first-order chi connectivity index (χ1) is 21.3. The van der Waals surface area contributed by atoms with Gasteiger partial charge < -0.3 is 29.7 Å². The molecule has 2 saturated carbocycles. The lowest BCUT2D eigenvalue weighted by Crippen LogP contribution is -2.57. The number of ketones is 1. The standard InChI is InChI=1S/C34H55N3O9/c1-32(2,3)45-24(38)15-16-35-30(42)28(40)23(19-44-9)36-29(41)27-26-22(34(26,7)8)18-37(27)31(43)21(20-13-11-10-12-14-20)17-25(39)46-33(4,5)6/h20-23,26-27H,10-19H2,1-9H3,(H,35,42)(H,36,41)/t21-,22-,23?,26-,27-/m0/s1. The van der Waals surface area contributed by atoms with Crippen molar-refractivity contribution < 1.29 is 43.0 Å². The van der Waals surface area contributed by atoms with Gasteiger partial charge in [0, 0.05) is 20.2 Å². The maximum atomic E-state index is 14.3. The molecule has 12 nitrogen and oxygen atoms in total. The molecule has 260 valence electrons. The number of nitrogens with one attached hydrogen (secondary N) is 2. The van der Waals surface area contributed by atoms with Crippen LogP contribution in [0, 0.1) is 29.1 Å². The van der Waals surface area contributed by atoms with Crippen molar-refractivity contribution in [3.8, 4) is 0 Å². The number of amides is 3. The van der Waals surface area contributed by atoms with Crippen molar-refractivity contribution in [3.05, 3.63) is 0 Å². The van der Waals surface area contributed by atoms with Crippen molar-refractivity contribution in [2.24, 2.45) is 29.1 Å². The Morgan fingerprint density at radius 2 is 1.48 bits per heavy atom. The Labute approximate surface area is 273 Å². The number of ether oxygens (including phenoxy) is 3. The van der Waals surface area contributed by atoms with Crippen LogP contribution in [0.3, 0.4) is 0 Å². The fraction of sp³-hybridized carbons (Fsp3) is 0.824. The highest BCUT2D eigenvalue weighted by Gasteiger charge is 2.69. The van der Waals surface area contributed by atoms with Crippen molar-refractivity contribution in [2.75, 3.05) is 26.8 Å². The van der Waals surface area contributed by atoms with E-state index in [1.54, 1.807) is 46.4 Å². The van der Waals surface area contributed by atoms with Gasteiger partial charge in [0.1, 0.15) is 23.3 Å². The third-order valence-electron chi connectivity index (χ3n) is 9.33. The largest absolute Gasteiger partial charge is 0.460 e. The van der Waals surface area contributed by atoms with Crippen LogP contribution in [-0.4, -0.2) is 90.4 Å². The first kappa shape index (κ1) is 37.4. The SMILES string of the molecule is COCC(NC(=O)[C@@H]1[C@@H]2[C@H](CN1C(=O)[C@@H](CC(=O)OC(C)(C)C)C1CCCCC1)C2(C)C)C(=O)C(=O)NCCC(=O)OC(C)(C)C. The highest BCUT2D eigenvalue weighted by Crippen LogP contribution is 2.65. The zero-order chi connectivity index (χ0) is 34.6. The number of carbonyl (C=O) groups excluding carboxylic acids is 6. The van der Waals surface area contributed by atoms with Crippen molar-refractivity contribution in [1.82, 2.24) is 15.5 Å². The van der Waals surface area contributed by atoms with Gasteiger partial charge in [-0.25, -0.2) is 0 Å². The maximum absolute atomic E-state index is 14.3. The predicted octanol–water partition coefficient (Wildman–Crippen LogP) is 2.95. The summed E-state index contributed by atoms with van der Waals surface area (Å²) in [5, 5.41) is 5.11. The van der Waals surface area contributed by atoms with Crippen LogP contribution in [0.2, 0.25) is 0 Å². The molecule has 5 atom stereocenters. The van der Waals surface area contributed by atoms with E-state index in [0.29, 0.717) is 6.54 Å². The molecule has 3 fully saturated rings. The van der Waals surface area contributed by atoms with E-state index >= 15 is 0 Å². The monoisotopic (exact) mass is 649 g/mol. The molecule has 12 heteroatoms. The van der Waals surface area contributed by atoms with Gasteiger partial charge in [0.05, 0.1) is 25.4 Å². The van der Waals surface area contributed by atoms with Crippen LogP contribution >= 0.6 is 0 Å². The van der Waals surface area contributed by atoms with Crippen molar-refractivity contribution in [2.45, 2.75) is 124 Å². The number of nitrogens with zero attached hydrogens (tertiary/aromatic N) is 1. The van der Waals surface area contributed by atoms with Gasteiger partial charge in [0.2, 0.25) is 17.6 Å². The zero-order valence-corrected chi connectivity index (χ0v) is 29.2. The molecule has 3 amide bonds. The van der Waals surface area contributed by atoms with Crippen LogP contribution < -0.4 is 10.6 Å². The summed E-state index contributed by atoms with van der Waals surface area (Å²) in [6, 6.07) is -2.16. The lowest BCUT2D eigenvalue weighted by molar-refractivity contribution is -0.160. The van der Waals surface area contributed by atoms with Crippen molar-refractivity contribution in [1.29, 1.82) is 0 Å². The second-order valence-corrected chi connectivity index (χ2v) is 15.7. The molecule has 0 aromatic heterocycles. The van der Waals surface area contributed by atoms with E-state index in [9.17, 15) is 28.8 Å². The van der Waals surface area contributed by atoms with Gasteiger partial charge in [-0.1, -0.05) is 33.1 Å². The van der Waals surface area contributed by atoms with Gasteiger partial charge in [0.15, 0.2) is 0 Å². The molecule has 0 bridgehead atoms. The number of fused-ring (bicyclic) bond motifs is 1. The molecular weight excluding hydrogens is 594 g/mol. The summed E-state index contributed by atoms with van der Waals surface area (Å²) in [5.74, 6) is -4.28. The van der Waals surface area contributed by atoms with E-state index in [1.807, 2.05) is 0 Å². The summed E-state index contributed by atoms with van der Waals surface area (Å²) in [6.45, 7) is 14.7. The summed E-state index contributed by atoms with van der Waals surface area (Å²) < 4.78 is 16.0.